The van der Waals surface area contributed by atoms with Crippen molar-refractivity contribution in [3.63, 3.8) is 0 Å². The first-order valence-electron chi connectivity index (χ1n) is 11.9. The molecule has 7 heteroatoms. The van der Waals surface area contributed by atoms with Gasteiger partial charge in [0, 0.05) is 52.9 Å². The average molecular weight is 556 g/mol. The second-order valence-electron chi connectivity index (χ2n) is 9.84. The van der Waals surface area contributed by atoms with Crippen molar-refractivity contribution in [3.8, 4) is 0 Å². The lowest BCUT2D eigenvalue weighted by atomic mass is 9.97. The standard InChI is InChI=1S/C25H41N5O.HI/c1-20(2)16-22-10-15-30(19-22)25(26-17-24(31)28(3)4)27-23-11-13-29(14-12-23)18-21-8-6-5-7-9-21;/h5-9,20,22-23H,10-19H2,1-4H3,(H,26,27);1H. The summed E-state index contributed by atoms with van der Waals surface area (Å²) in [7, 11) is 3.59. The largest absolute Gasteiger partial charge is 0.353 e. The number of nitrogens with zero attached hydrogens (tertiary/aromatic N) is 4. The van der Waals surface area contributed by atoms with E-state index < -0.39 is 0 Å². The first-order valence-corrected chi connectivity index (χ1v) is 11.9. The molecule has 0 radical (unpaired) electrons. The lowest BCUT2D eigenvalue weighted by molar-refractivity contribution is -0.127. The molecule has 0 saturated carbocycles. The van der Waals surface area contributed by atoms with Crippen LogP contribution in [-0.2, 0) is 11.3 Å². The maximum absolute atomic E-state index is 12.1. The smallest absolute Gasteiger partial charge is 0.243 e. The van der Waals surface area contributed by atoms with Crippen LogP contribution in [0.4, 0.5) is 0 Å². The van der Waals surface area contributed by atoms with E-state index in [0.717, 1.165) is 63.4 Å². The maximum atomic E-state index is 12.1. The third-order valence-corrected chi connectivity index (χ3v) is 6.42. The van der Waals surface area contributed by atoms with Crippen LogP contribution in [0.2, 0.25) is 0 Å². The van der Waals surface area contributed by atoms with Gasteiger partial charge in [0.05, 0.1) is 0 Å². The molecule has 0 bridgehead atoms. The lowest BCUT2D eigenvalue weighted by Crippen LogP contribution is -2.49. The zero-order valence-electron chi connectivity index (χ0n) is 20.3. The molecule has 180 valence electrons. The highest BCUT2D eigenvalue weighted by Gasteiger charge is 2.28. The summed E-state index contributed by atoms with van der Waals surface area (Å²) in [5.41, 5.74) is 1.38. The highest BCUT2D eigenvalue weighted by Crippen LogP contribution is 2.24. The fraction of sp³-hybridized carbons (Fsp3) is 0.680. The molecule has 6 nitrogen and oxygen atoms in total. The number of hydrogen-bond donors (Lipinski definition) is 1. The number of benzene rings is 1. The Morgan fingerprint density at radius 2 is 1.81 bits per heavy atom. The molecule has 1 atom stereocenters. The summed E-state index contributed by atoms with van der Waals surface area (Å²) in [5.74, 6) is 2.43. The molecule has 1 aromatic carbocycles. The molecule has 1 N–H and O–H groups in total. The van der Waals surface area contributed by atoms with E-state index >= 15 is 0 Å². The molecule has 2 heterocycles. The van der Waals surface area contributed by atoms with Crippen LogP contribution in [0.1, 0.15) is 45.1 Å². The number of carbonyl (C=O) groups is 1. The molecular weight excluding hydrogens is 513 g/mol. The minimum absolute atomic E-state index is 0. The van der Waals surface area contributed by atoms with Crippen LogP contribution in [0, 0.1) is 11.8 Å². The van der Waals surface area contributed by atoms with Gasteiger partial charge >= 0.3 is 0 Å². The van der Waals surface area contributed by atoms with Gasteiger partial charge in [0.1, 0.15) is 6.54 Å². The summed E-state index contributed by atoms with van der Waals surface area (Å²) in [5, 5.41) is 3.73. The number of aliphatic imine (C=N–C) groups is 1. The van der Waals surface area contributed by atoms with E-state index in [1.807, 2.05) is 0 Å². The van der Waals surface area contributed by atoms with E-state index in [2.05, 4.69) is 59.3 Å². The summed E-state index contributed by atoms with van der Waals surface area (Å²) in [4.78, 5) is 23.4. The van der Waals surface area contributed by atoms with E-state index in [4.69, 9.17) is 4.99 Å². The lowest BCUT2D eigenvalue weighted by Gasteiger charge is -2.34. The number of likely N-dealkylation sites (tertiary alicyclic amines) is 2. The van der Waals surface area contributed by atoms with E-state index in [0.29, 0.717) is 6.04 Å². The Labute approximate surface area is 211 Å². The second-order valence-corrected chi connectivity index (χ2v) is 9.84. The molecule has 2 aliphatic heterocycles. The molecule has 1 unspecified atom stereocenters. The van der Waals surface area contributed by atoms with Gasteiger partial charge in [-0.25, -0.2) is 4.99 Å². The molecular formula is C25H42IN5O. The zero-order chi connectivity index (χ0) is 22.2. The van der Waals surface area contributed by atoms with Crippen LogP contribution in [0.5, 0.6) is 0 Å². The molecule has 0 aromatic heterocycles. The molecule has 1 amide bonds. The van der Waals surface area contributed by atoms with E-state index in [-0.39, 0.29) is 36.4 Å². The first-order chi connectivity index (χ1) is 14.9. The Hall–Kier alpha value is -1.35. The number of amides is 1. The van der Waals surface area contributed by atoms with Crippen LogP contribution in [0.25, 0.3) is 0 Å². The second kappa shape index (κ2) is 13.4. The Balaban J connectivity index is 0.00000363. The highest BCUT2D eigenvalue weighted by molar-refractivity contribution is 14.0. The van der Waals surface area contributed by atoms with E-state index in [1.165, 1.54) is 18.4 Å². The summed E-state index contributed by atoms with van der Waals surface area (Å²) >= 11 is 0. The van der Waals surface area contributed by atoms with Gasteiger partial charge in [0.25, 0.3) is 0 Å². The van der Waals surface area contributed by atoms with Gasteiger partial charge in [0.2, 0.25) is 5.91 Å². The van der Waals surface area contributed by atoms with Gasteiger partial charge in [-0.05, 0) is 43.1 Å². The number of hydrogen-bond acceptors (Lipinski definition) is 3. The molecule has 2 saturated heterocycles. The van der Waals surface area contributed by atoms with Crippen molar-refractivity contribution in [1.82, 2.24) is 20.0 Å². The Bertz CT molecular complexity index is 716. The average Bonchev–Trinajstić information content (AvgIpc) is 3.20. The monoisotopic (exact) mass is 555 g/mol. The topological polar surface area (TPSA) is 51.2 Å². The van der Waals surface area contributed by atoms with Crippen LogP contribution >= 0.6 is 24.0 Å². The van der Waals surface area contributed by atoms with Crippen molar-refractivity contribution < 1.29 is 4.79 Å². The van der Waals surface area contributed by atoms with Gasteiger partial charge in [-0.15, -0.1) is 24.0 Å². The molecule has 32 heavy (non-hydrogen) atoms. The molecule has 1 aromatic rings. The van der Waals surface area contributed by atoms with Gasteiger partial charge < -0.3 is 15.1 Å². The minimum atomic E-state index is 0. The molecule has 0 aliphatic carbocycles. The number of halogens is 1. The summed E-state index contributed by atoms with van der Waals surface area (Å²) < 4.78 is 0. The number of nitrogens with one attached hydrogen (secondary N) is 1. The van der Waals surface area contributed by atoms with Gasteiger partial charge in [0.15, 0.2) is 5.96 Å². The normalized spacial score (nSPS) is 20.3. The van der Waals surface area contributed by atoms with Gasteiger partial charge in [-0.2, -0.15) is 0 Å². The van der Waals surface area contributed by atoms with Crippen molar-refractivity contribution >= 4 is 35.8 Å². The SMILES string of the molecule is CC(C)CC1CCN(C(=NCC(=O)N(C)C)NC2CCN(Cc3ccccc3)CC2)C1.I. The third-order valence-electron chi connectivity index (χ3n) is 6.42. The quantitative estimate of drug-likeness (QED) is 0.317. The Morgan fingerprint density at radius 1 is 1.12 bits per heavy atom. The van der Waals surface area contributed by atoms with Crippen molar-refractivity contribution in [2.24, 2.45) is 16.8 Å². The number of guanidine groups is 1. The van der Waals surface area contributed by atoms with Crippen LogP contribution in [0.3, 0.4) is 0 Å². The predicted octanol–water partition coefficient (Wildman–Crippen LogP) is 3.67. The zero-order valence-corrected chi connectivity index (χ0v) is 22.6. The molecule has 0 spiro atoms. The van der Waals surface area contributed by atoms with Gasteiger partial charge in [-0.1, -0.05) is 44.2 Å². The number of likely N-dealkylation sites (N-methyl/N-ethyl adjacent to an activating group) is 1. The summed E-state index contributed by atoms with van der Waals surface area (Å²) in [6.45, 7) is 10.1. The number of carbonyl (C=O) groups excluding carboxylic acids is 1. The maximum Gasteiger partial charge on any atom is 0.243 e. The number of piperidine rings is 1. The highest BCUT2D eigenvalue weighted by atomic mass is 127. The first kappa shape index (κ1) is 26.9. The summed E-state index contributed by atoms with van der Waals surface area (Å²) in [6.07, 6.45) is 4.70. The molecule has 3 rings (SSSR count). The van der Waals surface area contributed by atoms with Crippen LogP contribution in [0.15, 0.2) is 35.3 Å². The van der Waals surface area contributed by atoms with Crippen molar-refractivity contribution in [2.75, 3.05) is 46.8 Å². The van der Waals surface area contributed by atoms with E-state index in [9.17, 15) is 4.79 Å². The van der Waals surface area contributed by atoms with Crippen molar-refractivity contribution in [1.29, 1.82) is 0 Å². The van der Waals surface area contributed by atoms with Crippen LogP contribution < -0.4 is 5.32 Å². The fourth-order valence-corrected chi connectivity index (χ4v) is 4.66. The van der Waals surface area contributed by atoms with E-state index in [1.54, 1.807) is 19.0 Å². The summed E-state index contributed by atoms with van der Waals surface area (Å²) in [6, 6.07) is 11.1. The fourth-order valence-electron chi connectivity index (χ4n) is 4.66. The Kier molecular flexibility index (Phi) is 11.2. The molecule has 2 aliphatic rings. The van der Waals surface area contributed by atoms with Gasteiger partial charge in [-0.3, -0.25) is 9.69 Å². The van der Waals surface area contributed by atoms with Crippen LogP contribution in [-0.4, -0.2) is 79.4 Å². The minimum Gasteiger partial charge on any atom is -0.353 e. The number of rotatable bonds is 7. The van der Waals surface area contributed by atoms with Crippen molar-refractivity contribution in [3.05, 3.63) is 35.9 Å². The third kappa shape index (κ3) is 8.54. The Morgan fingerprint density at radius 3 is 2.44 bits per heavy atom. The van der Waals surface area contributed by atoms with Crippen molar-refractivity contribution in [2.45, 2.75) is 52.1 Å². The molecule has 2 fully saturated rings. The predicted molar refractivity (Wildman–Crippen MR) is 143 cm³/mol.